The minimum absolute atomic E-state index is 0.173. The first kappa shape index (κ1) is 43.8. The van der Waals surface area contributed by atoms with Crippen molar-refractivity contribution in [1.29, 1.82) is 0 Å². The van der Waals surface area contributed by atoms with Crippen molar-refractivity contribution in [1.82, 2.24) is 10.5 Å². The van der Waals surface area contributed by atoms with E-state index in [9.17, 15) is 25.2 Å². The van der Waals surface area contributed by atoms with Crippen LogP contribution in [0.15, 0.2) is 71.3 Å². The molecule has 0 spiro atoms. The van der Waals surface area contributed by atoms with E-state index in [2.05, 4.69) is 15.8 Å². The first-order valence-electron chi connectivity index (χ1n) is 20.3. The highest BCUT2D eigenvalue weighted by Crippen LogP contribution is 2.42. The molecule has 0 aliphatic carbocycles. The summed E-state index contributed by atoms with van der Waals surface area (Å²) in [5.74, 6) is 3.01. The number of carbonyl (C=O) groups excluding carboxylic acids is 1. The third-order valence-electron chi connectivity index (χ3n) is 10.7. The van der Waals surface area contributed by atoms with Gasteiger partial charge in [-0.15, -0.1) is 0 Å². The fraction of sp³-hybridized carbons (Fsp3) is 0.391. The lowest BCUT2D eigenvalue weighted by molar-refractivity contribution is 0.0935. The summed E-state index contributed by atoms with van der Waals surface area (Å²) < 4.78 is 34.4. The van der Waals surface area contributed by atoms with E-state index in [0.717, 1.165) is 62.6 Å². The molecule has 6 rings (SSSR count). The molecule has 0 bridgehead atoms. The number of hydrogen-bond donors (Lipinski definition) is 6. The number of ether oxygens (including phenoxy) is 5. The molecule has 5 aromatic rings. The van der Waals surface area contributed by atoms with Gasteiger partial charge in [0.15, 0.2) is 17.3 Å². The summed E-state index contributed by atoms with van der Waals surface area (Å²) >= 11 is 0. The molecule has 1 aromatic heterocycles. The zero-order chi connectivity index (χ0) is 42.4. The molecule has 0 radical (unpaired) electrons. The van der Waals surface area contributed by atoms with Gasteiger partial charge in [0, 0.05) is 28.4 Å². The molecule has 0 saturated heterocycles. The van der Waals surface area contributed by atoms with Gasteiger partial charge in [-0.3, -0.25) is 4.79 Å². The van der Waals surface area contributed by atoms with Crippen molar-refractivity contribution in [2.24, 2.45) is 0 Å². The van der Waals surface area contributed by atoms with Gasteiger partial charge in [0.1, 0.15) is 23.4 Å². The minimum atomic E-state index is -0.436. The van der Waals surface area contributed by atoms with Crippen LogP contribution in [0.1, 0.15) is 95.7 Å². The van der Waals surface area contributed by atoms with Crippen molar-refractivity contribution >= 4 is 11.6 Å². The number of hydrogen-bond acceptors (Lipinski definition) is 13. The molecule has 0 fully saturated rings. The Morgan fingerprint density at radius 1 is 0.617 bits per heavy atom. The largest absolute Gasteiger partial charge is 0.497 e. The lowest BCUT2D eigenvalue weighted by Gasteiger charge is -2.29. The van der Waals surface area contributed by atoms with Gasteiger partial charge in [0.05, 0.1) is 66.5 Å². The first-order chi connectivity index (χ1) is 29.3. The monoisotopic (exact) mass is 825 g/mol. The number of methoxy groups -OCH3 is 3. The minimum Gasteiger partial charge on any atom is -0.497 e. The molecule has 4 aromatic carbocycles. The number of rotatable bonds is 23. The molecular formula is C46H55N3O11. The maximum absolute atomic E-state index is 12.8. The van der Waals surface area contributed by atoms with Crippen LogP contribution in [0.2, 0.25) is 0 Å². The van der Waals surface area contributed by atoms with Gasteiger partial charge in [-0.1, -0.05) is 49.7 Å². The number of amides is 1. The predicted molar refractivity (Wildman–Crippen MR) is 225 cm³/mol. The molecule has 14 heteroatoms. The number of benzene rings is 4. The standard InChI is InChI=1S/C46H55N3O11/c1-55-35-13-14-38-36(23-35)46(54)48-45(47-38)29-12-15-40(34(18-29)27-52)58-16-10-8-6-4-5-7-9-11-17-59-44-42(56-2)21-30(22-43(44)57-3)39-24-41(60-49-39)31-19-32(25-50)37(28-53)33(20-31)26-51/h12-15,18-24,45,47,50-53H,4-11,16-17,25-28H2,1-3H3,(H,48,54). The number of aromatic nitrogens is 1. The van der Waals surface area contributed by atoms with Crippen molar-refractivity contribution in [3.63, 3.8) is 0 Å². The van der Waals surface area contributed by atoms with Crippen molar-refractivity contribution < 1.29 is 53.4 Å². The van der Waals surface area contributed by atoms with Crippen LogP contribution in [0.3, 0.4) is 0 Å². The van der Waals surface area contributed by atoms with Crippen molar-refractivity contribution in [3.8, 4) is 51.3 Å². The third kappa shape index (κ3) is 10.5. The fourth-order valence-corrected chi connectivity index (χ4v) is 7.34. The number of aliphatic hydroxyl groups excluding tert-OH is 4. The molecule has 14 nitrogen and oxygen atoms in total. The molecule has 2 heterocycles. The van der Waals surface area contributed by atoms with Gasteiger partial charge in [-0.05, 0) is 89.7 Å². The van der Waals surface area contributed by atoms with E-state index in [0.29, 0.717) is 92.4 Å². The Kier molecular flexibility index (Phi) is 15.7. The molecule has 0 saturated carbocycles. The fourth-order valence-electron chi connectivity index (χ4n) is 7.34. The second kappa shape index (κ2) is 21.5. The summed E-state index contributed by atoms with van der Waals surface area (Å²) in [5, 5.41) is 50.0. The van der Waals surface area contributed by atoms with Crippen molar-refractivity contribution in [2.45, 2.75) is 84.0 Å². The van der Waals surface area contributed by atoms with E-state index in [1.807, 2.05) is 42.5 Å². The van der Waals surface area contributed by atoms with Crippen LogP contribution in [0, 0.1) is 0 Å². The second-order valence-electron chi connectivity index (χ2n) is 14.5. The van der Waals surface area contributed by atoms with Crippen LogP contribution >= 0.6 is 0 Å². The van der Waals surface area contributed by atoms with Crippen LogP contribution in [-0.2, 0) is 26.4 Å². The molecule has 1 unspecified atom stereocenters. The molecule has 1 aliphatic rings. The number of anilines is 1. The number of nitrogens with one attached hydrogen (secondary N) is 2. The van der Waals surface area contributed by atoms with E-state index in [1.165, 1.54) is 0 Å². The lowest BCUT2D eigenvalue weighted by atomic mass is 9.97. The van der Waals surface area contributed by atoms with Crippen LogP contribution in [0.5, 0.6) is 28.7 Å². The van der Waals surface area contributed by atoms with Gasteiger partial charge in [-0.2, -0.15) is 0 Å². The Morgan fingerprint density at radius 2 is 1.25 bits per heavy atom. The van der Waals surface area contributed by atoms with Crippen LogP contribution in [0.25, 0.3) is 22.6 Å². The van der Waals surface area contributed by atoms with Gasteiger partial charge in [0.25, 0.3) is 5.91 Å². The summed E-state index contributed by atoms with van der Waals surface area (Å²) in [5.41, 5.74) is 6.06. The van der Waals surface area contributed by atoms with Crippen molar-refractivity contribution in [2.75, 3.05) is 39.9 Å². The zero-order valence-corrected chi connectivity index (χ0v) is 34.4. The zero-order valence-electron chi connectivity index (χ0n) is 34.4. The Bertz CT molecular complexity index is 2150. The SMILES string of the molecule is COc1ccc2c(c1)C(=O)NC(c1ccc(OCCCCCCCCCCOc3c(OC)cc(-c4cc(-c5cc(CO)c(CO)c(CO)c5)on4)cc3OC)c(CO)c1)N2. The highest BCUT2D eigenvalue weighted by atomic mass is 16.5. The Morgan fingerprint density at radius 3 is 1.85 bits per heavy atom. The maximum atomic E-state index is 12.8. The summed E-state index contributed by atoms with van der Waals surface area (Å²) in [4.78, 5) is 12.8. The molecule has 1 aliphatic heterocycles. The third-order valence-corrected chi connectivity index (χ3v) is 10.7. The Labute approximate surface area is 350 Å². The predicted octanol–water partition coefficient (Wildman–Crippen LogP) is 7.44. The van der Waals surface area contributed by atoms with Crippen LogP contribution in [-0.4, -0.2) is 66.0 Å². The molecule has 6 N–H and O–H groups in total. The van der Waals surface area contributed by atoms with Gasteiger partial charge in [-0.25, -0.2) is 0 Å². The average molecular weight is 826 g/mol. The summed E-state index contributed by atoms with van der Waals surface area (Å²) in [6, 6.07) is 19.7. The number of carbonyl (C=O) groups is 1. The summed E-state index contributed by atoms with van der Waals surface area (Å²) in [6.07, 6.45) is 7.93. The molecular weight excluding hydrogens is 771 g/mol. The normalized spacial score (nSPS) is 13.3. The molecule has 1 atom stereocenters. The number of aliphatic hydroxyl groups is 4. The van der Waals surface area contributed by atoms with Crippen molar-refractivity contribution in [3.05, 3.63) is 100 Å². The smallest absolute Gasteiger partial charge is 0.255 e. The van der Waals surface area contributed by atoms with E-state index in [4.69, 9.17) is 28.2 Å². The van der Waals surface area contributed by atoms with E-state index < -0.39 is 6.17 Å². The van der Waals surface area contributed by atoms with E-state index >= 15 is 0 Å². The average Bonchev–Trinajstić information content (AvgIpc) is 3.79. The molecule has 60 heavy (non-hydrogen) atoms. The molecule has 320 valence electrons. The topological polar surface area (TPSA) is 194 Å². The van der Waals surface area contributed by atoms with Gasteiger partial charge < -0.3 is 59.3 Å². The highest BCUT2D eigenvalue weighted by molar-refractivity contribution is 6.02. The van der Waals surface area contributed by atoms with E-state index in [-0.39, 0.29) is 32.3 Å². The maximum Gasteiger partial charge on any atom is 0.255 e. The van der Waals surface area contributed by atoms with Gasteiger partial charge in [0.2, 0.25) is 5.75 Å². The van der Waals surface area contributed by atoms with Gasteiger partial charge >= 0.3 is 0 Å². The second-order valence-corrected chi connectivity index (χ2v) is 14.5. The summed E-state index contributed by atoms with van der Waals surface area (Å²) in [6.45, 7) is 0.00340. The number of fused-ring (bicyclic) bond motifs is 1. The quantitative estimate of drug-likeness (QED) is 0.0356. The van der Waals surface area contributed by atoms with Crippen LogP contribution in [0.4, 0.5) is 5.69 Å². The Hall–Kier alpha value is -5.80. The Balaban J connectivity index is 0.893. The molecule has 1 amide bonds. The first-order valence-corrected chi connectivity index (χ1v) is 20.3. The lowest BCUT2D eigenvalue weighted by Crippen LogP contribution is -2.38. The van der Waals surface area contributed by atoms with E-state index in [1.54, 1.807) is 45.6 Å². The number of nitrogens with zero attached hydrogens (tertiary/aromatic N) is 1. The highest BCUT2D eigenvalue weighted by Gasteiger charge is 2.26. The van der Waals surface area contributed by atoms with Crippen LogP contribution < -0.4 is 34.3 Å². The summed E-state index contributed by atoms with van der Waals surface area (Å²) in [7, 11) is 4.71. The number of unbranched alkanes of at least 4 members (excludes halogenated alkanes) is 7.